The van der Waals surface area contributed by atoms with Crippen molar-refractivity contribution in [2.75, 3.05) is 19.7 Å². The van der Waals surface area contributed by atoms with Gasteiger partial charge in [-0.15, -0.1) is 12.4 Å². The van der Waals surface area contributed by atoms with E-state index in [0.29, 0.717) is 50.5 Å². The summed E-state index contributed by atoms with van der Waals surface area (Å²) in [5.74, 6) is 0.645. The summed E-state index contributed by atoms with van der Waals surface area (Å²) >= 11 is 0. The SMILES string of the molecule is CC(N)c1oc(-c2ccc(OC(F)F)c(OCC3CC3)c2)nc1C(=O)N1CCC(C(C)(C)OC=O)CC1.Cl. The Kier molecular flexibility index (Phi) is 9.59. The molecule has 2 heterocycles. The molecule has 0 bridgehead atoms. The monoisotopic (exact) mass is 557 g/mol. The molecule has 1 saturated carbocycles. The van der Waals surface area contributed by atoms with Crippen molar-refractivity contribution >= 4 is 24.8 Å². The zero-order valence-corrected chi connectivity index (χ0v) is 22.5. The lowest BCUT2D eigenvalue weighted by Crippen LogP contribution is -2.45. The minimum absolute atomic E-state index is 0. The molecule has 1 amide bonds. The smallest absolute Gasteiger partial charge is 0.387 e. The van der Waals surface area contributed by atoms with E-state index in [9.17, 15) is 18.4 Å². The molecule has 2 N–H and O–H groups in total. The van der Waals surface area contributed by atoms with Gasteiger partial charge in [-0.1, -0.05) is 0 Å². The molecule has 0 radical (unpaired) electrons. The number of likely N-dealkylation sites (tertiary alicyclic amines) is 1. The van der Waals surface area contributed by atoms with Gasteiger partial charge in [-0.05, 0) is 70.6 Å². The molecule has 1 saturated heterocycles. The molecule has 1 aromatic carbocycles. The van der Waals surface area contributed by atoms with Crippen LogP contribution >= 0.6 is 12.4 Å². The number of oxazole rings is 1. The van der Waals surface area contributed by atoms with Crippen molar-refractivity contribution in [2.45, 2.75) is 64.7 Å². The topological polar surface area (TPSA) is 117 Å². The maximum Gasteiger partial charge on any atom is 0.387 e. The average Bonchev–Trinajstić information content (AvgIpc) is 3.57. The van der Waals surface area contributed by atoms with Crippen molar-refractivity contribution in [2.24, 2.45) is 17.6 Å². The van der Waals surface area contributed by atoms with Gasteiger partial charge in [-0.25, -0.2) is 4.98 Å². The number of carbonyl (C=O) groups excluding carboxylic acids is 2. The zero-order chi connectivity index (χ0) is 26.7. The minimum atomic E-state index is -3.00. The number of rotatable bonds is 11. The maximum absolute atomic E-state index is 13.4. The van der Waals surface area contributed by atoms with E-state index < -0.39 is 18.3 Å². The van der Waals surface area contributed by atoms with E-state index in [1.54, 1.807) is 11.8 Å². The third-order valence-electron chi connectivity index (χ3n) is 6.96. The normalized spacial score (nSPS) is 17.1. The van der Waals surface area contributed by atoms with Crippen molar-refractivity contribution in [3.05, 3.63) is 29.7 Å². The average molecular weight is 558 g/mol. The summed E-state index contributed by atoms with van der Waals surface area (Å²) in [4.78, 5) is 30.4. The quantitative estimate of drug-likeness (QED) is 0.385. The predicted molar refractivity (Wildman–Crippen MR) is 136 cm³/mol. The third-order valence-corrected chi connectivity index (χ3v) is 6.96. The van der Waals surface area contributed by atoms with Gasteiger partial charge in [-0.2, -0.15) is 8.78 Å². The first-order valence-electron chi connectivity index (χ1n) is 12.5. The van der Waals surface area contributed by atoms with Gasteiger partial charge in [0, 0.05) is 24.6 Å². The highest BCUT2D eigenvalue weighted by Crippen LogP contribution is 2.37. The van der Waals surface area contributed by atoms with Crippen LogP contribution in [-0.2, 0) is 9.53 Å². The molecule has 2 aromatic rings. The minimum Gasteiger partial charge on any atom is -0.489 e. The highest BCUT2D eigenvalue weighted by Gasteiger charge is 2.37. The molecule has 1 aliphatic carbocycles. The Morgan fingerprint density at radius 3 is 2.50 bits per heavy atom. The van der Waals surface area contributed by atoms with Crippen molar-refractivity contribution in [1.29, 1.82) is 0 Å². The van der Waals surface area contributed by atoms with E-state index in [1.165, 1.54) is 18.2 Å². The first-order chi connectivity index (χ1) is 17.6. The molecular formula is C26H34ClF2N3O6. The fourth-order valence-corrected chi connectivity index (χ4v) is 4.50. The van der Waals surface area contributed by atoms with Crippen molar-refractivity contribution in [3.63, 3.8) is 0 Å². The molecule has 210 valence electrons. The van der Waals surface area contributed by atoms with Gasteiger partial charge >= 0.3 is 6.61 Å². The Morgan fingerprint density at radius 1 is 1.24 bits per heavy atom. The molecule has 1 unspecified atom stereocenters. The molecule has 1 aliphatic heterocycles. The molecule has 9 nitrogen and oxygen atoms in total. The number of carbonyl (C=O) groups is 2. The van der Waals surface area contributed by atoms with Crippen LogP contribution in [0.4, 0.5) is 8.78 Å². The molecule has 1 aromatic heterocycles. The number of benzene rings is 1. The second-order valence-electron chi connectivity index (χ2n) is 10.2. The Bertz CT molecular complexity index is 1110. The van der Waals surface area contributed by atoms with Crippen LogP contribution in [-0.4, -0.2) is 54.2 Å². The summed E-state index contributed by atoms with van der Waals surface area (Å²) in [5.41, 5.74) is 6.04. The number of halogens is 3. The van der Waals surface area contributed by atoms with E-state index in [4.69, 9.17) is 19.6 Å². The van der Waals surface area contributed by atoms with Crippen LogP contribution in [0.2, 0.25) is 0 Å². The highest BCUT2D eigenvalue weighted by molar-refractivity contribution is 5.94. The van der Waals surface area contributed by atoms with Gasteiger partial charge in [0.1, 0.15) is 5.60 Å². The number of aromatic nitrogens is 1. The Hall–Kier alpha value is -2.92. The van der Waals surface area contributed by atoms with Crippen LogP contribution in [0, 0.1) is 11.8 Å². The molecule has 4 rings (SSSR count). The van der Waals surface area contributed by atoms with Crippen LogP contribution in [0.15, 0.2) is 22.6 Å². The standard InChI is InChI=1S/C26H33F2N3O6.ClH/c1-15(29)22-21(24(33)31-10-8-18(9-11-31)26(2,3)35-14-32)30-23(37-22)17-6-7-19(36-25(27)28)20(12-17)34-13-16-4-5-16;/h6-7,12,14-16,18,25H,4-5,8-11,13,29H2,1-3H3;1H. The summed E-state index contributed by atoms with van der Waals surface area (Å²) in [6, 6.07) is 3.80. The second-order valence-corrected chi connectivity index (χ2v) is 10.2. The lowest BCUT2D eigenvalue weighted by atomic mass is 9.83. The third kappa shape index (κ3) is 6.93. The lowest BCUT2D eigenvalue weighted by molar-refractivity contribution is -0.147. The molecule has 1 atom stereocenters. The number of nitrogens with zero attached hydrogens (tertiary/aromatic N) is 2. The summed E-state index contributed by atoms with van der Waals surface area (Å²) in [7, 11) is 0. The highest BCUT2D eigenvalue weighted by atomic mass is 35.5. The van der Waals surface area contributed by atoms with Gasteiger partial charge in [0.2, 0.25) is 5.89 Å². The summed E-state index contributed by atoms with van der Waals surface area (Å²) < 4.78 is 47.3. The summed E-state index contributed by atoms with van der Waals surface area (Å²) in [6.45, 7) is 4.21. The van der Waals surface area contributed by atoms with Crippen molar-refractivity contribution in [1.82, 2.24) is 9.88 Å². The number of ether oxygens (including phenoxy) is 3. The number of hydrogen-bond donors (Lipinski definition) is 1. The molecule has 38 heavy (non-hydrogen) atoms. The molecule has 2 aliphatic rings. The Labute approximate surface area is 226 Å². The Balaban J connectivity index is 0.00000400. The molecular weight excluding hydrogens is 524 g/mol. The number of amides is 1. The molecule has 12 heteroatoms. The van der Waals surface area contributed by atoms with Crippen LogP contribution in [0.5, 0.6) is 11.5 Å². The van der Waals surface area contributed by atoms with Gasteiger partial charge < -0.3 is 29.3 Å². The van der Waals surface area contributed by atoms with Gasteiger partial charge in [0.15, 0.2) is 23.0 Å². The fourth-order valence-electron chi connectivity index (χ4n) is 4.50. The van der Waals surface area contributed by atoms with E-state index in [-0.39, 0.29) is 53.1 Å². The van der Waals surface area contributed by atoms with Crippen LogP contribution in [0.25, 0.3) is 11.5 Å². The summed E-state index contributed by atoms with van der Waals surface area (Å²) in [5, 5.41) is 0. The van der Waals surface area contributed by atoms with Gasteiger partial charge in [0.25, 0.3) is 12.4 Å². The number of piperidine rings is 1. The number of hydrogen-bond acceptors (Lipinski definition) is 8. The van der Waals surface area contributed by atoms with E-state index in [0.717, 1.165) is 12.8 Å². The maximum atomic E-state index is 13.4. The number of nitrogens with two attached hydrogens (primary N) is 1. The lowest BCUT2D eigenvalue weighted by Gasteiger charge is -2.39. The predicted octanol–water partition coefficient (Wildman–Crippen LogP) is 4.98. The number of alkyl halides is 2. The van der Waals surface area contributed by atoms with Crippen molar-refractivity contribution in [3.8, 4) is 23.0 Å². The van der Waals surface area contributed by atoms with E-state index in [1.807, 2.05) is 13.8 Å². The van der Waals surface area contributed by atoms with Crippen molar-refractivity contribution < 1.29 is 37.0 Å². The molecule has 0 spiro atoms. The van der Waals surface area contributed by atoms with E-state index >= 15 is 0 Å². The van der Waals surface area contributed by atoms with Crippen LogP contribution in [0.1, 0.15) is 68.7 Å². The molecule has 2 fully saturated rings. The largest absolute Gasteiger partial charge is 0.489 e. The second kappa shape index (κ2) is 12.3. The van der Waals surface area contributed by atoms with Gasteiger partial charge in [-0.3, -0.25) is 9.59 Å². The van der Waals surface area contributed by atoms with Crippen LogP contribution in [0.3, 0.4) is 0 Å². The zero-order valence-electron chi connectivity index (χ0n) is 21.7. The van der Waals surface area contributed by atoms with E-state index in [2.05, 4.69) is 9.72 Å². The first-order valence-corrected chi connectivity index (χ1v) is 12.5. The summed E-state index contributed by atoms with van der Waals surface area (Å²) in [6.07, 6.45) is 3.40. The van der Waals surface area contributed by atoms with Crippen LogP contribution < -0.4 is 15.2 Å². The van der Waals surface area contributed by atoms with Gasteiger partial charge in [0.05, 0.1) is 12.6 Å². The Morgan fingerprint density at radius 2 is 1.92 bits per heavy atom. The fraction of sp³-hybridized carbons (Fsp3) is 0.577. The first kappa shape index (κ1) is 29.6.